The normalized spacial score (nSPS) is 10.5. The molecule has 0 radical (unpaired) electrons. The van der Waals surface area contributed by atoms with Crippen molar-refractivity contribution in [2.45, 2.75) is 20.0 Å². The number of aryl methyl sites for hydroxylation is 1. The van der Waals surface area contributed by atoms with Gasteiger partial charge in [-0.25, -0.2) is 4.39 Å². The molecule has 90 valence electrons. The fourth-order valence-electron chi connectivity index (χ4n) is 1.64. The third kappa shape index (κ3) is 2.58. The molecule has 1 aromatic carbocycles. The van der Waals surface area contributed by atoms with Gasteiger partial charge in [-0.05, 0) is 25.1 Å². The fraction of sp³-hybridized carbons (Fsp3) is 0.250. The van der Waals surface area contributed by atoms with Crippen molar-refractivity contribution in [3.63, 3.8) is 0 Å². The summed E-state index contributed by atoms with van der Waals surface area (Å²) in [6.45, 7) is 3.29. The minimum Gasteiger partial charge on any atom is -0.376 e. The number of nitrogens with zero attached hydrogens (tertiary/aromatic N) is 2. The zero-order valence-electron chi connectivity index (χ0n) is 9.45. The Balaban J connectivity index is 2.13. The Morgan fingerprint density at radius 2 is 2.24 bits per heavy atom. The first-order valence-corrected chi connectivity index (χ1v) is 5.78. The summed E-state index contributed by atoms with van der Waals surface area (Å²) >= 11 is 5.92. The van der Waals surface area contributed by atoms with E-state index in [1.54, 1.807) is 18.3 Å². The smallest absolute Gasteiger partial charge is 0.147 e. The van der Waals surface area contributed by atoms with Crippen molar-refractivity contribution in [1.82, 2.24) is 9.78 Å². The maximum Gasteiger partial charge on any atom is 0.147 e. The predicted octanol–water partition coefficient (Wildman–Crippen LogP) is 3.31. The van der Waals surface area contributed by atoms with Gasteiger partial charge < -0.3 is 5.32 Å². The van der Waals surface area contributed by atoms with E-state index in [1.807, 2.05) is 17.7 Å². The number of rotatable bonds is 4. The van der Waals surface area contributed by atoms with E-state index >= 15 is 0 Å². The molecule has 0 saturated carbocycles. The van der Waals surface area contributed by atoms with E-state index < -0.39 is 0 Å². The molecule has 0 aliphatic rings. The van der Waals surface area contributed by atoms with Crippen molar-refractivity contribution in [2.24, 2.45) is 0 Å². The molecule has 0 spiro atoms. The quantitative estimate of drug-likeness (QED) is 0.906. The molecule has 2 rings (SSSR count). The average molecular weight is 254 g/mol. The molecule has 5 heteroatoms. The standard InChI is InChI=1S/C12H13ClFN3/c1-2-17-9(6-7-16-17)8-15-12-10(13)4-3-5-11(12)14/h3-7,15H,2,8H2,1H3. The first kappa shape index (κ1) is 11.9. The van der Waals surface area contributed by atoms with Crippen LogP contribution in [0.3, 0.4) is 0 Å². The lowest BCUT2D eigenvalue weighted by Crippen LogP contribution is -2.08. The van der Waals surface area contributed by atoms with Crippen LogP contribution in [-0.2, 0) is 13.1 Å². The van der Waals surface area contributed by atoms with Gasteiger partial charge in [0.05, 0.1) is 22.9 Å². The highest BCUT2D eigenvalue weighted by molar-refractivity contribution is 6.33. The molecule has 0 aliphatic carbocycles. The Hall–Kier alpha value is -1.55. The molecule has 1 aromatic heterocycles. The molecule has 1 N–H and O–H groups in total. The van der Waals surface area contributed by atoms with E-state index in [0.29, 0.717) is 17.3 Å². The molecular formula is C12H13ClFN3. The Kier molecular flexibility index (Phi) is 3.64. The zero-order chi connectivity index (χ0) is 12.3. The van der Waals surface area contributed by atoms with E-state index in [-0.39, 0.29) is 5.82 Å². The molecule has 0 saturated heterocycles. The Morgan fingerprint density at radius 1 is 1.41 bits per heavy atom. The second-order valence-electron chi connectivity index (χ2n) is 3.59. The summed E-state index contributed by atoms with van der Waals surface area (Å²) in [4.78, 5) is 0. The number of halogens is 2. The van der Waals surface area contributed by atoms with E-state index in [9.17, 15) is 4.39 Å². The van der Waals surface area contributed by atoms with E-state index in [0.717, 1.165) is 12.2 Å². The van der Waals surface area contributed by atoms with Crippen LogP contribution < -0.4 is 5.32 Å². The van der Waals surface area contributed by atoms with Gasteiger partial charge in [-0.2, -0.15) is 5.10 Å². The summed E-state index contributed by atoms with van der Waals surface area (Å²) < 4.78 is 15.3. The number of anilines is 1. The lowest BCUT2D eigenvalue weighted by atomic mass is 10.3. The Labute approximate surface area is 104 Å². The third-order valence-corrected chi connectivity index (χ3v) is 2.83. The van der Waals surface area contributed by atoms with Gasteiger partial charge in [0, 0.05) is 12.7 Å². The maximum atomic E-state index is 13.5. The van der Waals surface area contributed by atoms with Gasteiger partial charge >= 0.3 is 0 Å². The van der Waals surface area contributed by atoms with Crippen LogP contribution in [0.15, 0.2) is 30.5 Å². The molecule has 0 fully saturated rings. The highest BCUT2D eigenvalue weighted by Gasteiger charge is 2.07. The molecule has 0 bridgehead atoms. The molecular weight excluding hydrogens is 241 g/mol. The van der Waals surface area contributed by atoms with Crippen LogP contribution in [0.1, 0.15) is 12.6 Å². The van der Waals surface area contributed by atoms with Crippen molar-refractivity contribution in [2.75, 3.05) is 5.32 Å². The SMILES string of the molecule is CCn1nccc1CNc1c(F)cccc1Cl. The monoisotopic (exact) mass is 253 g/mol. The Morgan fingerprint density at radius 3 is 2.94 bits per heavy atom. The first-order chi connectivity index (χ1) is 8.22. The number of nitrogens with one attached hydrogen (secondary N) is 1. The minimum atomic E-state index is -0.347. The molecule has 0 amide bonds. The van der Waals surface area contributed by atoms with E-state index in [1.165, 1.54) is 6.07 Å². The van der Waals surface area contributed by atoms with Crippen LogP contribution in [0.4, 0.5) is 10.1 Å². The topological polar surface area (TPSA) is 29.9 Å². The van der Waals surface area contributed by atoms with E-state index in [4.69, 9.17) is 11.6 Å². The van der Waals surface area contributed by atoms with E-state index in [2.05, 4.69) is 10.4 Å². The van der Waals surface area contributed by atoms with Crippen molar-refractivity contribution >= 4 is 17.3 Å². The van der Waals surface area contributed by atoms with Crippen LogP contribution in [0.2, 0.25) is 5.02 Å². The molecule has 0 aliphatic heterocycles. The third-order valence-electron chi connectivity index (χ3n) is 2.51. The molecule has 1 heterocycles. The maximum absolute atomic E-state index is 13.5. The summed E-state index contributed by atoms with van der Waals surface area (Å²) in [6, 6.07) is 6.51. The van der Waals surface area contributed by atoms with Crippen molar-refractivity contribution in [3.05, 3.63) is 47.0 Å². The largest absolute Gasteiger partial charge is 0.376 e. The molecule has 0 unspecified atom stereocenters. The van der Waals surface area contributed by atoms with Crippen LogP contribution in [-0.4, -0.2) is 9.78 Å². The van der Waals surface area contributed by atoms with Crippen LogP contribution in [0.25, 0.3) is 0 Å². The van der Waals surface area contributed by atoms with Crippen LogP contribution >= 0.6 is 11.6 Å². The lowest BCUT2D eigenvalue weighted by Gasteiger charge is -2.10. The second kappa shape index (κ2) is 5.19. The van der Waals surface area contributed by atoms with Crippen molar-refractivity contribution in [3.8, 4) is 0 Å². The van der Waals surface area contributed by atoms with Crippen LogP contribution in [0.5, 0.6) is 0 Å². The van der Waals surface area contributed by atoms with Gasteiger partial charge in [-0.15, -0.1) is 0 Å². The van der Waals surface area contributed by atoms with Gasteiger partial charge in [0.15, 0.2) is 0 Å². The number of benzene rings is 1. The first-order valence-electron chi connectivity index (χ1n) is 5.41. The zero-order valence-corrected chi connectivity index (χ0v) is 10.2. The summed E-state index contributed by atoms with van der Waals surface area (Å²) in [5, 5.41) is 7.51. The predicted molar refractivity (Wildman–Crippen MR) is 66.6 cm³/mol. The highest BCUT2D eigenvalue weighted by atomic mass is 35.5. The highest BCUT2D eigenvalue weighted by Crippen LogP contribution is 2.24. The second-order valence-corrected chi connectivity index (χ2v) is 4.00. The lowest BCUT2D eigenvalue weighted by molar-refractivity contribution is 0.619. The fourth-order valence-corrected chi connectivity index (χ4v) is 1.87. The number of aromatic nitrogens is 2. The molecule has 17 heavy (non-hydrogen) atoms. The molecule has 2 aromatic rings. The van der Waals surface area contributed by atoms with Gasteiger partial charge in [-0.1, -0.05) is 17.7 Å². The van der Waals surface area contributed by atoms with Gasteiger partial charge in [0.25, 0.3) is 0 Å². The van der Waals surface area contributed by atoms with Gasteiger partial charge in [0.2, 0.25) is 0 Å². The average Bonchev–Trinajstić information content (AvgIpc) is 2.76. The Bertz CT molecular complexity index is 490. The number of para-hydroxylation sites is 1. The van der Waals surface area contributed by atoms with Crippen LogP contribution in [0, 0.1) is 5.82 Å². The summed E-state index contributed by atoms with van der Waals surface area (Å²) in [6.07, 6.45) is 1.73. The number of hydrogen-bond acceptors (Lipinski definition) is 2. The van der Waals surface area contributed by atoms with Crippen molar-refractivity contribution < 1.29 is 4.39 Å². The van der Waals surface area contributed by atoms with Gasteiger partial charge in [0.1, 0.15) is 5.82 Å². The molecule has 0 atom stereocenters. The summed E-state index contributed by atoms with van der Waals surface area (Å²) in [7, 11) is 0. The minimum absolute atomic E-state index is 0.331. The molecule has 3 nitrogen and oxygen atoms in total. The number of hydrogen-bond donors (Lipinski definition) is 1. The summed E-state index contributed by atoms with van der Waals surface area (Å²) in [5.41, 5.74) is 1.32. The van der Waals surface area contributed by atoms with Gasteiger partial charge in [-0.3, -0.25) is 4.68 Å². The summed E-state index contributed by atoms with van der Waals surface area (Å²) in [5.74, 6) is -0.347. The van der Waals surface area contributed by atoms with Crippen molar-refractivity contribution in [1.29, 1.82) is 0 Å².